The summed E-state index contributed by atoms with van der Waals surface area (Å²) in [4.78, 5) is 27.7. The molecule has 0 aromatic carbocycles. The second-order valence-corrected chi connectivity index (χ2v) is 5.56. The van der Waals surface area contributed by atoms with Crippen LogP contribution in [0.15, 0.2) is 22.8 Å². The summed E-state index contributed by atoms with van der Waals surface area (Å²) < 4.78 is 5.15. The fourth-order valence-electron chi connectivity index (χ4n) is 2.51. The van der Waals surface area contributed by atoms with E-state index in [9.17, 15) is 9.59 Å². The second-order valence-electron chi connectivity index (χ2n) is 5.56. The highest BCUT2D eigenvalue weighted by atomic mass is 16.3. The van der Waals surface area contributed by atoms with Crippen LogP contribution in [0.25, 0.3) is 0 Å². The van der Waals surface area contributed by atoms with Gasteiger partial charge in [0.25, 0.3) is 5.91 Å². The molecule has 0 unspecified atom stereocenters. The normalized spacial score (nSPS) is 15.8. The van der Waals surface area contributed by atoms with Crippen molar-refractivity contribution in [1.82, 2.24) is 15.1 Å². The molecule has 0 saturated carbocycles. The zero-order valence-corrected chi connectivity index (χ0v) is 13.2. The molecular formula is C16H25N3O3. The Morgan fingerprint density at radius 2 is 2.05 bits per heavy atom. The van der Waals surface area contributed by atoms with E-state index in [-0.39, 0.29) is 11.8 Å². The monoisotopic (exact) mass is 307 g/mol. The van der Waals surface area contributed by atoms with E-state index in [0.29, 0.717) is 31.8 Å². The summed E-state index contributed by atoms with van der Waals surface area (Å²) in [6.45, 7) is 6.65. The Hall–Kier alpha value is -1.82. The van der Waals surface area contributed by atoms with Gasteiger partial charge >= 0.3 is 0 Å². The summed E-state index contributed by atoms with van der Waals surface area (Å²) in [5.41, 5.74) is 0. The van der Waals surface area contributed by atoms with Gasteiger partial charge in [-0.25, -0.2) is 0 Å². The Labute approximate surface area is 131 Å². The van der Waals surface area contributed by atoms with Gasteiger partial charge in [0.2, 0.25) is 5.91 Å². The molecule has 1 aliphatic rings. The zero-order chi connectivity index (χ0) is 15.8. The van der Waals surface area contributed by atoms with Crippen molar-refractivity contribution in [3.05, 3.63) is 24.2 Å². The van der Waals surface area contributed by atoms with Gasteiger partial charge in [-0.2, -0.15) is 0 Å². The standard InChI is InChI=1S/C16H25N3O3/c1-2-3-6-15(20)17-7-8-18-9-11-19(12-10-18)16(21)14-5-4-13-22-14/h4-5,13H,2-3,6-12H2,1H3,(H,17,20). The highest BCUT2D eigenvalue weighted by Gasteiger charge is 2.23. The maximum Gasteiger partial charge on any atom is 0.289 e. The summed E-state index contributed by atoms with van der Waals surface area (Å²) >= 11 is 0. The van der Waals surface area contributed by atoms with Crippen LogP contribution in [0.4, 0.5) is 0 Å². The number of amides is 2. The summed E-state index contributed by atoms with van der Waals surface area (Å²) in [5, 5.41) is 2.94. The van der Waals surface area contributed by atoms with E-state index < -0.39 is 0 Å². The maximum absolute atomic E-state index is 12.1. The Morgan fingerprint density at radius 1 is 1.27 bits per heavy atom. The number of hydrogen-bond donors (Lipinski definition) is 1. The molecule has 6 nitrogen and oxygen atoms in total. The first-order valence-electron chi connectivity index (χ1n) is 8.02. The second kappa shape index (κ2) is 8.58. The summed E-state index contributed by atoms with van der Waals surface area (Å²) in [7, 11) is 0. The lowest BCUT2D eigenvalue weighted by Gasteiger charge is -2.34. The van der Waals surface area contributed by atoms with Crippen molar-refractivity contribution in [2.45, 2.75) is 26.2 Å². The van der Waals surface area contributed by atoms with E-state index in [0.717, 1.165) is 32.5 Å². The van der Waals surface area contributed by atoms with E-state index in [1.807, 2.05) is 4.90 Å². The number of hydrogen-bond acceptors (Lipinski definition) is 4. The van der Waals surface area contributed by atoms with Crippen LogP contribution in [-0.4, -0.2) is 60.9 Å². The van der Waals surface area contributed by atoms with Crippen molar-refractivity contribution in [3.8, 4) is 0 Å². The highest BCUT2D eigenvalue weighted by molar-refractivity contribution is 5.91. The van der Waals surface area contributed by atoms with E-state index in [1.54, 1.807) is 12.1 Å². The lowest BCUT2D eigenvalue weighted by Crippen LogP contribution is -2.50. The van der Waals surface area contributed by atoms with E-state index in [2.05, 4.69) is 17.1 Å². The van der Waals surface area contributed by atoms with Gasteiger partial charge in [0.05, 0.1) is 6.26 Å². The van der Waals surface area contributed by atoms with Gasteiger partial charge in [0.1, 0.15) is 0 Å². The van der Waals surface area contributed by atoms with Crippen LogP contribution in [-0.2, 0) is 4.79 Å². The Balaban J connectivity index is 1.63. The lowest BCUT2D eigenvalue weighted by molar-refractivity contribution is -0.121. The first-order valence-corrected chi connectivity index (χ1v) is 8.02. The average molecular weight is 307 g/mol. The predicted molar refractivity (Wildman–Crippen MR) is 83.6 cm³/mol. The van der Waals surface area contributed by atoms with Crippen LogP contribution in [0, 0.1) is 0 Å². The third-order valence-electron chi connectivity index (χ3n) is 3.90. The molecule has 1 aliphatic heterocycles. The number of rotatable bonds is 7. The van der Waals surface area contributed by atoms with Crippen molar-refractivity contribution >= 4 is 11.8 Å². The minimum Gasteiger partial charge on any atom is -0.459 e. The summed E-state index contributed by atoms with van der Waals surface area (Å²) in [6.07, 6.45) is 4.12. The SMILES string of the molecule is CCCCC(=O)NCCN1CCN(C(=O)c2ccco2)CC1. The van der Waals surface area contributed by atoms with Crippen molar-refractivity contribution < 1.29 is 14.0 Å². The molecule has 1 fully saturated rings. The van der Waals surface area contributed by atoms with Gasteiger partial charge in [0.15, 0.2) is 5.76 Å². The van der Waals surface area contributed by atoms with Crippen molar-refractivity contribution in [2.75, 3.05) is 39.3 Å². The van der Waals surface area contributed by atoms with Crippen LogP contribution in [0.3, 0.4) is 0 Å². The molecule has 122 valence electrons. The molecule has 2 rings (SSSR count). The van der Waals surface area contributed by atoms with Gasteiger partial charge in [-0.15, -0.1) is 0 Å². The molecule has 0 radical (unpaired) electrons. The molecule has 2 heterocycles. The average Bonchev–Trinajstić information content (AvgIpc) is 3.07. The van der Waals surface area contributed by atoms with Gasteiger partial charge in [-0.05, 0) is 18.6 Å². The molecule has 0 spiro atoms. The fourth-order valence-corrected chi connectivity index (χ4v) is 2.51. The van der Waals surface area contributed by atoms with Gasteiger partial charge < -0.3 is 14.6 Å². The maximum atomic E-state index is 12.1. The fraction of sp³-hybridized carbons (Fsp3) is 0.625. The van der Waals surface area contributed by atoms with Crippen LogP contribution in [0.1, 0.15) is 36.7 Å². The Morgan fingerprint density at radius 3 is 2.68 bits per heavy atom. The Kier molecular flexibility index (Phi) is 6.45. The first kappa shape index (κ1) is 16.5. The van der Waals surface area contributed by atoms with E-state index >= 15 is 0 Å². The van der Waals surface area contributed by atoms with Gasteiger partial charge in [-0.1, -0.05) is 13.3 Å². The van der Waals surface area contributed by atoms with Crippen molar-refractivity contribution in [3.63, 3.8) is 0 Å². The molecule has 1 aromatic heterocycles. The quantitative estimate of drug-likeness (QED) is 0.825. The van der Waals surface area contributed by atoms with Crippen molar-refractivity contribution in [1.29, 1.82) is 0 Å². The number of nitrogens with zero attached hydrogens (tertiary/aromatic N) is 2. The molecular weight excluding hydrogens is 282 g/mol. The Bertz CT molecular complexity index is 465. The number of piperazine rings is 1. The summed E-state index contributed by atoms with van der Waals surface area (Å²) in [6, 6.07) is 3.42. The van der Waals surface area contributed by atoms with Crippen molar-refractivity contribution in [2.24, 2.45) is 0 Å². The zero-order valence-electron chi connectivity index (χ0n) is 13.2. The number of carbonyl (C=O) groups is 2. The molecule has 1 N–H and O–H groups in total. The topological polar surface area (TPSA) is 65.8 Å². The molecule has 2 amide bonds. The molecule has 0 atom stereocenters. The molecule has 1 saturated heterocycles. The smallest absolute Gasteiger partial charge is 0.289 e. The third kappa shape index (κ3) is 4.87. The van der Waals surface area contributed by atoms with Crippen LogP contribution >= 0.6 is 0 Å². The van der Waals surface area contributed by atoms with Gasteiger partial charge in [0, 0.05) is 45.7 Å². The van der Waals surface area contributed by atoms with E-state index in [4.69, 9.17) is 4.42 Å². The number of carbonyl (C=O) groups excluding carboxylic acids is 2. The molecule has 0 aliphatic carbocycles. The van der Waals surface area contributed by atoms with E-state index in [1.165, 1.54) is 6.26 Å². The number of unbranched alkanes of at least 4 members (excludes halogenated alkanes) is 1. The lowest BCUT2D eigenvalue weighted by atomic mass is 10.2. The highest BCUT2D eigenvalue weighted by Crippen LogP contribution is 2.09. The number of nitrogens with one attached hydrogen (secondary N) is 1. The molecule has 0 bridgehead atoms. The molecule has 6 heteroatoms. The molecule has 1 aromatic rings. The minimum absolute atomic E-state index is 0.0440. The molecule has 22 heavy (non-hydrogen) atoms. The van der Waals surface area contributed by atoms with Crippen LogP contribution in [0.5, 0.6) is 0 Å². The third-order valence-corrected chi connectivity index (χ3v) is 3.90. The summed E-state index contributed by atoms with van der Waals surface area (Å²) in [5.74, 6) is 0.489. The first-order chi connectivity index (χ1) is 10.7. The van der Waals surface area contributed by atoms with Gasteiger partial charge in [-0.3, -0.25) is 14.5 Å². The minimum atomic E-state index is -0.0440. The number of furan rings is 1. The predicted octanol–water partition coefficient (Wildman–Crippen LogP) is 1.34. The van der Waals surface area contributed by atoms with Crippen LogP contribution in [0.2, 0.25) is 0 Å². The largest absolute Gasteiger partial charge is 0.459 e. The van der Waals surface area contributed by atoms with Crippen LogP contribution < -0.4 is 5.32 Å².